The van der Waals surface area contributed by atoms with Crippen molar-refractivity contribution in [2.75, 3.05) is 0 Å². The molecule has 2 heterocycles. The largest absolute Gasteiger partial charge is 0.336 e. The molecule has 1 aliphatic rings. The number of nitrogens with zero attached hydrogens (tertiary/aromatic N) is 2. The highest BCUT2D eigenvalue weighted by Gasteiger charge is 2.23. The van der Waals surface area contributed by atoms with Gasteiger partial charge in [-0.25, -0.2) is 0 Å². The molecule has 6 heteroatoms. The minimum Gasteiger partial charge on any atom is -0.336 e. The molecule has 0 radical (unpaired) electrons. The molecular formula is C15H16N4O2. The molecule has 0 saturated heterocycles. The second-order valence-electron chi connectivity index (χ2n) is 5.15. The lowest BCUT2D eigenvalue weighted by Crippen LogP contribution is -2.25. The lowest BCUT2D eigenvalue weighted by molar-refractivity contribution is 0.0968. The van der Waals surface area contributed by atoms with Gasteiger partial charge in [0.15, 0.2) is 5.78 Å². The van der Waals surface area contributed by atoms with Crippen molar-refractivity contribution in [3.63, 3.8) is 0 Å². The molecule has 1 aromatic heterocycles. The summed E-state index contributed by atoms with van der Waals surface area (Å²) in [5.41, 5.74) is 3.12. The Hall–Kier alpha value is -2.63. The van der Waals surface area contributed by atoms with Crippen LogP contribution in [0.15, 0.2) is 23.3 Å². The normalized spacial score (nSPS) is 14.6. The zero-order valence-corrected chi connectivity index (χ0v) is 11.7. The monoisotopic (exact) mass is 284 g/mol. The summed E-state index contributed by atoms with van der Waals surface area (Å²) in [6, 6.07) is 5.60. The first-order valence-corrected chi connectivity index (χ1v) is 6.82. The van der Waals surface area contributed by atoms with Crippen LogP contribution in [0.2, 0.25) is 0 Å². The van der Waals surface area contributed by atoms with E-state index in [1.807, 2.05) is 29.7 Å². The number of Topliss-reactive ketones (excluding diaryl/α,β-unsaturated/α-hetero) is 1. The first-order valence-electron chi connectivity index (χ1n) is 6.82. The molecule has 0 atom stereocenters. The molecule has 0 unspecified atom stereocenters. The van der Waals surface area contributed by atoms with Gasteiger partial charge in [-0.1, -0.05) is 6.07 Å². The van der Waals surface area contributed by atoms with Crippen molar-refractivity contribution >= 4 is 28.9 Å². The van der Waals surface area contributed by atoms with Gasteiger partial charge in [0.05, 0.1) is 5.52 Å². The Morgan fingerprint density at radius 2 is 2.29 bits per heavy atom. The van der Waals surface area contributed by atoms with Crippen molar-refractivity contribution in [3.8, 4) is 0 Å². The number of nitrogens with one attached hydrogen (secondary N) is 1. The molecule has 2 aromatic rings. The fraction of sp³-hybridized carbons (Fsp3) is 0.267. The summed E-state index contributed by atoms with van der Waals surface area (Å²) in [7, 11) is 0. The van der Waals surface area contributed by atoms with E-state index in [0.717, 1.165) is 29.2 Å². The minimum absolute atomic E-state index is 0.132. The van der Waals surface area contributed by atoms with Gasteiger partial charge in [0, 0.05) is 23.9 Å². The number of carbonyl (C=O) groups excluding carboxylic acids is 2. The Bertz CT molecular complexity index is 774. The van der Waals surface area contributed by atoms with Gasteiger partial charge in [0.1, 0.15) is 12.0 Å². The fourth-order valence-corrected chi connectivity index (χ4v) is 2.86. The third-order valence-electron chi connectivity index (χ3n) is 3.87. The number of nitrogens with two attached hydrogens (primary N) is 1. The second kappa shape index (κ2) is 5.05. The van der Waals surface area contributed by atoms with Gasteiger partial charge in [-0.15, -0.1) is 0 Å². The summed E-state index contributed by atoms with van der Waals surface area (Å²) in [4.78, 5) is 24.4. The highest BCUT2D eigenvalue weighted by atomic mass is 16.2. The molecule has 3 N–H and O–H groups in total. The summed E-state index contributed by atoms with van der Waals surface area (Å²) >= 11 is 0. The van der Waals surface area contributed by atoms with Gasteiger partial charge < -0.3 is 15.7 Å². The van der Waals surface area contributed by atoms with E-state index in [9.17, 15) is 9.59 Å². The SMILES string of the molecule is Cc1ccc2c3c1cc(C(=O)NC=NN)n3CCCC2=O. The predicted molar refractivity (Wildman–Crippen MR) is 80.4 cm³/mol. The van der Waals surface area contributed by atoms with Crippen LogP contribution in [0.4, 0.5) is 0 Å². The Morgan fingerprint density at radius 3 is 3.05 bits per heavy atom. The Labute approximate surface area is 121 Å². The number of aromatic nitrogens is 1. The topological polar surface area (TPSA) is 89.5 Å². The second-order valence-corrected chi connectivity index (χ2v) is 5.15. The number of hydrogen-bond acceptors (Lipinski definition) is 4. The maximum Gasteiger partial charge on any atom is 0.273 e. The lowest BCUT2D eigenvalue weighted by Gasteiger charge is -2.08. The molecule has 108 valence electrons. The van der Waals surface area contributed by atoms with Crippen molar-refractivity contribution in [2.24, 2.45) is 10.9 Å². The van der Waals surface area contributed by atoms with Crippen LogP contribution in [0.25, 0.3) is 10.9 Å². The summed E-state index contributed by atoms with van der Waals surface area (Å²) in [6.07, 6.45) is 2.38. The van der Waals surface area contributed by atoms with Crippen molar-refractivity contribution in [2.45, 2.75) is 26.3 Å². The van der Waals surface area contributed by atoms with Crippen LogP contribution in [-0.2, 0) is 6.54 Å². The molecule has 1 aromatic carbocycles. The molecule has 0 spiro atoms. The van der Waals surface area contributed by atoms with E-state index < -0.39 is 0 Å². The fourth-order valence-electron chi connectivity index (χ4n) is 2.86. The number of hydrazone groups is 1. The standard InChI is InChI=1S/C15H16N4O2/c1-9-4-5-10-13(20)3-2-6-19-12(7-11(9)14(10)19)15(21)17-8-18-16/h4-5,7-8H,2-3,6,16H2,1H3,(H,17,18,21). The van der Waals surface area contributed by atoms with Crippen molar-refractivity contribution in [1.29, 1.82) is 0 Å². The van der Waals surface area contributed by atoms with Crippen molar-refractivity contribution in [3.05, 3.63) is 35.0 Å². The maximum absolute atomic E-state index is 12.2. The zero-order valence-electron chi connectivity index (χ0n) is 11.7. The third-order valence-corrected chi connectivity index (χ3v) is 3.87. The molecular weight excluding hydrogens is 268 g/mol. The molecule has 6 nitrogen and oxygen atoms in total. The number of amides is 1. The van der Waals surface area contributed by atoms with E-state index in [-0.39, 0.29) is 11.7 Å². The first kappa shape index (κ1) is 13.4. The van der Waals surface area contributed by atoms with Gasteiger partial charge in [-0.3, -0.25) is 9.59 Å². The number of hydrogen-bond donors (Lipinski definition) is 2. The van der Waals surface area contributed by atoms with Crippen LogP contribution in [0.1, 0.15) is 39.3 Å². The summed E-state index contributed by atoms with van der Waals surface area (Å²) in [5, 5.41) is 6.73. The highest BCUT2D eigenvalue weighted by molar-refractivity contribution is 6.11. The van der Waals surface area contributed by atoms with E-state index >= 15 is 0 Å². The van der Waals surface area contributed by atoms with E-state index in [1.165, 1.54) is 0 Å². The smallest absolute Gasteiger partial charge is 0.273 e. The Morgan fingerprint density at radius 1 is 1.48 bits per heavy atom. The molecule has 0 saturated carbocycles. The highest BCUT2D eigenvalue weighted by Crippen LogP contribution is 2.30. The average Bonchev–Trinajstić information content (AvgIpc) is 2.77. The molecule has 1 aliphatic heterocycles. The molecule has 21 heavy (non-hydrogen) atoms. The zero-order chi connectivity index (χ0) is 15.0. The van der Waals surface area contributed by atoms with Crippen molar-refractivity contribution in [1.82, 2.24) is 9.88 Å². The molecule has 1 amide bonds. The summed E-state index contributed by atoms with van der Waals surface area (Å²) < 4.78 is 1.92. The van der Waals surface area contributed by atoms with Gasteiger partial charge in [-0.2, -0.15) is 5.10 Å². The Balaban J connectivity index is 2.26. The van der Waals surface area contributed by atoms with Crippen LogP contribution in [-0.4, -0.2) is 22.6 Å². The molecule has 3 rings (SSSR count). The van der Waals surface area contributed by atoms with Crippen LogP contribution in [0.5, 0.6) is 0 Å². The molecule has 0 aliphatic carbocycles. The number of carbonyl (C=O) groups is 2. The predicted octanol–water partition coefficient (Wildman–Crippen LogP) is 1.56. The van der Waals surface area contributed by atoms with Crippen LogP contribution >= 0.6 is 0 Å². The van der Waals surface area contributed by atoms with E-state index in [0.29, 0.717) is 24.2 Å². The van der Waals surface area contributed by atoms with E-state index in [2.05, 4.69) is 10.4 Å². The Kier molecular flexibility index (Phi) is 3.21. The van der Waals surface area contributed by atoms with Crippen molar-refractivity contribution < 1.29 is 9.59 Å². The third kappa shape index (κ3) is 2.08. The maximum atomic E-state index is 12.2. The molecule has 0 fully saturated rings. The number of ketones is 1. The summed E-state index contributed by atoms with van der Waals surface area (Å²) in [5.74, 6) is 4.86. The quantitative estimate of drug-likeness (QED) is 0.379. The number of rotatable bonds is 2. The number of aryl methyl sites for hydroxylation is 2. The molecule has 0 bridgehead atoms. The summed E-state index contributed by atoms with van der Waals surface area (Å²) in [6.45, 7) is 2.62. The lowest BCUT2D eigenvalue weighted by atomic mass is 10.0. The van der Waals surface area contributed by atoms with E-state index in [4.69, 9.17) is 5.84 Å². The van der Waals surface area contributed by atoms with Crippen LogP contribution < -0.4 is 11.2 Å². The van der Waals surface area contributed by atoms with Gasteiger partial charge in [-0.05, 0) is 31.0 Å². The van der Waals surface area contributed by atoms with Gasteiger partial charge >= 0.3 is 0 Å². The first-order chi connectivity index (χ1) is 10.1. The van der Waals surface area contributed by atoms with Gasteiger partial charge in [0.25, 0.3) is 5.91 Å². The minimum atomic E-state index is -0.278. The number of benzene rings is 1. The van der Waals surface area contributed by atoms with Crippen LogP contribution in [0.3, 0.4) is 0 Å². The van der Waals surface area contributed by atoms with Crippen LogP contribution in [0, 0.1) is 6.92 Å². The van der Waals surface area contributed by atoms with Gasteiger partial charge in [0.2, 0.25) is 0 Å². The van der Waals surface area contributed by atoms with E-state index in [1.54, 1.807) is 0 Å². The average molecular weight is 284 g/mol.